The van der Waals surface area contributed by atoms with Crippen molar-refractivity contribution in [3.8, 4) is 0 Å². The Labute approximate surface area is 97.9 Å². The van der Waals surface area contributed by atoms with Gasteiger partial charge in [-0.05, 0) is 24.7 Å². The van der Waals surface area contributed by atoms with Crippen molar-refractivity contribution >= 4 is 5.91 Å². The third-order valence-corrected chi connectivity index (χ3v) is 2.69. The molecule has 3 N–H and O–H groups in total. The Balaban J connectivity index is 1.93. The molecule has 1 fully saturated rings. The summed E-state index contributed by atoms with van der Waals surface area (Å²) < 4.78 is 5.34. The van der Waals surface area contributed by atoms with Crippen molar-refractivity contribution in [3.05, 3.63) is 0 Å². The van der Waals surface area contributed by atoms with E-state index in [9.17, 15) is 4.79 Å². The fourth-order valence-corrected chi connectivity index (χ4v) is 1.50. The molecule has 4 heteroatoms. The Morgan fingerprint density at radius 1 is 1.50 bits per heavy atom. The van der Waals surface area contributed by atoms with Gasteiger partial charge >= 0.3 is 0 Å². The molecule has 94 valence electrons. The molecule has 1 saturated carbocycles. The summed E-state index contributed by atoms with van der Waals surface area (Å²) in [6.07, 6.45) is 2.87. The molecular weight excluding hydrogens is 204 g/mol. The van der Waals surface area contributed by atoms with Crippen molar-refractivity contribution in [2.75, 3.05) is 19.8 Å². The van der Waals surface area contributed by atoms with Crippen LogP contribution in [0, 0.1) is 11.8 Å². The van der Waals surface area contributed by atoms with E-state index < -0.39 is 0 Å². The summed E-state index contributed by atoms with van der Waals surface area (Å²) in [4.78, 5) is 11.4. The first-order valence-corrected chi connectivity index (χ1v) is 6.19. The van der Waals surface area contributed by atoms with E-state index in [2.05, 4.69) is 19.2 Å². The number of carbonyl (C=O) groups is 1. The second-order valence-electron chi connectivity index (χ2n) is 5.02. The van der Waals surface area contributed by atoms with Crippen molar-refractivity contribution in [2.45, 2.75) is 39.2 Å². The van der Waals surface area contributed by atoms with Crippen LogP contribution in [0.5, 0.6) is 0 Å². The third kappa shape index (κ3) is 6.08. The van der Waals surface area contributed by atoms with Crippen molar-refractivity contribution in [2.24, 2.45) is 17.6 Å². The molecule has 1 aliphatic carbocycles. The zero-order valence-corrected chi connectivity index (χ0v) is 10.4. The van der Waals surface area contributed by atoms with E-state index in [4.69, 9.17) is 10.5 Å². The molecule has 0 heterocycles. The van der Waals surface area contributed by atoms with Gasteiger partial charge < -0.3 is 15.8 Å². The van der Waals surface area contributed by atoms with E-state index in [1.807, 2.05) is 0 Å². The lowest BCUT2D eigenvalue weighted by Crippen LogP contribution is -2.38. The molecule has 0 aliphatic heterocycles. The number of hydrogen-bond acceptors (Lipinski definition) is 3. The van der Waals surface area contributed by atoms with Crippen LogP contribution in [-0.2, 0) is 9.53 Å². The summed E-state index contributed by atoms with van der Waals surface area (Å²) in [5, 5.41) is 2.85. The lowest BCUT2D eigenvalue weighted by molar-refractivity contribution is -0.122. The Kier molecular flexibility index (Phi) is 5.77. The lowest BCUT2D eigenvalue weighted by atomic mass is 10.2. The lowest BCUT2D eigenvalue weighted by Gasteiger charge is -2.11. The highest BCUT2D eigenvalue weighted by Crippen LogP contribution is 2.31. The minimum absolute atomic E-state index is 0.0415. The van der Waals surface area contributed by atoms with Crippen LogP contribution >= 0.6 is 0 Å². The van der Waals surface area contributed by atoms with E-state index in [0.29, 0.717) is 31.4 Å². The molecule has 1 aliphatic rings. The number of nitrogens with one attached hydrogen (secondary N) is 1. The van der Waals surface area contributed by atoms with Crippen LogP contribution in [0.3, 0.4) is 0 Å². The molecule has 1 unspecified atom stereocenters. The fourth-order valence-electron chi connectivity index (χ4n) is 1.50. The molecular formula is C12H24N2O2. The molecule has 1 atom stereocenters. The highest BCUT2D eigenvalue weighted by atomic mass is 16.5. The highest BCUT2D eigenvalue weighted by molar-refractivity contribution is 5.75. The molecule has 0 aromatic carbocycles. The van der Waals surface area contributed by atoms with Crippen LogP contribution in [0.25, 0.3) is 0 Å². The largest absolute Gasteiger partial charge is 0.381 e. The molecule has 1 rings (SSSR count). The first-order valence-electron chi connectivity index (χ1n) is 6.19. The van der Waals surface area contributed by atoms with Gasteiger partial charge in [-0.2, -0.15) is 0 Å². The average Bonchev–Trinajstić information content (AvgIpc) is 3.04. The number of carbonyl (C=O) groups excluding carboxylic acids is 1. The van der Waals surface area contributed by atoms with Gasteiger partial charge in [0.25, 0.3) is 0 Å². The van der Waals surface area contributed by atoms with Crippen LogP contribution < -0.4 is 11.1 Å². The standard InChI is InChI=1S/C12H24N2O2/c1-9(2)8-16-6-5-12(15)14-7-11(13)10-3-4-10/h9-11H,3-8,13H2,1-2H3,(H,14,15). The van der Waals surface area contributed by atoms with Crippen molar-refractivity contribution in [1.29, 1.82) is 0 Å². The molecule has 0 saturated heterocycles. The van der Waals surface area contributed by atoms with Crippen LogP contribution in [-0.4, -0.2) is 31.7 Å². The molecule has 16 heavy (non-hydrogen) atoms. The van der Waals surface area contributed by atoms with Gasteiger partial charge in [0.05, 0.1) is 6.61 Å². The highest BCUT2D eigenvalue weighted by Gasteiger charge is 2.28. The number of nitrogens with two attached hydrogens (primary N) is 1. The zero-order chi connectivity index (χ0) is 12.0. The van der Waals surface area contributed by atoms with Gasteiger partial charge in [-0.1, -0.05) is 13.8 Å². The second kappa shape index (κ2) is 6.86. The van der Waals surface area contributed by atoms with Gasteiger partial charge in [-0.25, -0.2) is 0 Å². The molecule has 0 radical (unpaired) electrons. The second-order valence-corrected chi connectivity index (χ2v) is 5.02. The average molecular weight is 228 g/mol. The van der Waals surface area contributed by atoms with Crippen molar-refractivity contribution in [3.63, 3.8) is 0 Å². The number of hydrogen-bond donors (Lipinski definition) is 2. The predicted octanol–water partition coefficient (Wildman–Crippen LogP) is 0.903. The normalized spacial score (nSPS) is 17.5. The van der Waals surface area contributed by atoms with Crippen LogP contribution in [0.2, 0.25) is 0 Å². The van der Waals surface area contributed by atoms with E-state index in [0.717, 1.165) is 6.61 Å². The quantitative estimate of drug-likeness (QED) is 0.607. The van der Waals surface area contributed by atoms with Gasteiger partial charge in [0, 0.05) is 25.6 Å². The summed E-state index contributed by atoms with van der Waals surface area (Å²) in [6, 6.07) is 0.139. The van der Waals surface area contributed by atoms with Gasteiger partial charge in [-0.3, -0.25) is 4.79 Å². The Morgan fingerprint density at radius 2 is 2.19 bits per heavy atom. The Hall–Kier alpha value is -0.610. The monoisotopic (exact) mass is 228 g/mol. The fraction of sp³-hybridized carbons (Fsp3) is 0.917. The van der Waals surface area contributed by atoms with Crippen LogP contribution in [0.1, 0.15) is 33.1 Å². The maximum absolute atomic E-state index is 11.4. The van der Waals surface area contributed by atoms with E-state index in [1.54, 1.807) is 0 Å². The summed E-state index contributed by atoms with van der Waals surface area (Å²) in [5.41, 5.74) is 5.88. The zero-order valence-electron chi connectivity index (χ0n) is 10.4. The third-order valence-electron chi connectivity index (χ3n) is 2.69. The van der Waals surface area contributed by atoms with Crippen LogP contribution in [0.15, 0.2) is 0 Å². The summed E-state index contributed by atoms with van der Waals surface area (Å²) in [5.74, 6) is 1.20. The molecule has 0 spiro atoms. The van der Waals surface area contributed by atoms with E-state index >= 15 is 0 Å². The van der Waals surface area contributed by atoms with Crippen LogP contribution in [0.4, 0.5) is 0 Å². The number of amides is 1. The van der Waals surface area contributed by atoms with Gasteiger partial charge in [0.2, 0.25) is 5.91 Å². The summed E-state index contributed by atoms with van der Waals surface area (Å²) in [7, 11) is 0. The van der Waals surface area contributed by atoms with E-state index in [-0.39, 0.29) is 11.9 Å². The predicted molar refractivity (Wildman–Crippen MR) is 64.0 cm³/mol. The molecule has 0 bridgehead atoms. The Bertz CT molecular complexity index is 215. The summed E-state index contributed by atoms with van der Waals surface area (Å²) in [6.45, 7) is 6.01. The van der Waals surface area contributed by atoms with Gasteiger partial charge in [-0.15, -0.1) is 0 Å². The van der Waals surface area contributed by atoms with Gasteiger partial charge in [0.1, 0.15) is 0 Å². The molecule has 0 aromatic rings. The van der Waals surface area contributed by atoms with Gasteiger partial charge in [0.15, 0.2) is 0 Å². The molecule has 0 aromatic heterocycles. The topological polar surface area (TPSA) is 64.3 Å². The Morgan fingerprint density at radius 3 is 2.75 bits per heavy atom. The minimum Gasteiger partial charge on any atom is -0.381 e. The number of ether oxygens (including phenoxy) is 1. The first-order chi connectivity index (χ1) is 7.59. The van der Waals surface area contributed by atoms with Crippen molar-refractivity contribution < 1.29 is 9.53 Å². The van der Waals surface area contributed by atoms with Crippen molar-refractivity contribution in [1.82, 2.24) is 5.32 Å². The smallest absolute Gasteiger partial charge is 0.222 e. The first kappa shape index (κ1) is 13.5. The minimum atomic E-state index is 0.0415. The SMILES string of the molecule is CC(C)COCCC(=O)NCC(N)C1CC1. The maximum atomic E-state index is 11.4. The molecule has 4 nitrogen and oxygen atoms in total. The summed E-state index contributed by atoms with van der Waals surface area (Å²) >= 11 is 0. The maximum Gasteiger partial charge on any atom is 0.222 e. The molecule has 1 amide bonds. The number of rotatable bonds is 8. The van der Waals surface area contributed by atoms with E-state index in [1.165, 1.54) is 12.8 Å².